The van der Waals surface area contributed by atoms with E-state index in [1.54, 1.807) is 0 Å². The summed E-state index contributed by atoms with van der Waals surface area (Å²) >= 11 is 0. The number of rotatable bonds is 1. The van der Waals surface area contributed by atoms with Crippen LogP contribution in [0.5, 0.6) is 0 Å². The van der Waals surface area contributed by atoms with Crippen LogP contribution in [-0.2, 0) is 0 Å². The second kappa shape index (κ2) is 3.23. The first kappa shape index (κ1) is 11.0. The van der Waals surface area contributed by atoms with Gasteiger partial charge >= 0.3 is 0 Å². The van der Waals surface area contributed by atoms with Crippen LogP contribution in [0.25, 0.3) is 5.57 Å². The molecule has 1 aromatic rings. The molecular weight excluding hydrogens is 208 g/mol. The second-order valence-corrected chi connectivity index (χ2v) is 6.30. The van der Waals surface area contributed by atoms with Crippen molar-refractivity contribution in [3.05, 3.63) is 42.0 Å². The lowest BCUT2D eigenvalue weighted by Crippen LogP contribution is -2.29. The van der Waals surface area contributed by atoms with E-state index in [9.17, 15) is 5.11 Å². The Labute approximate surface area is 103 Å². The highest BCUT2D eigenvalue weighted by Gasteiger charge is 2.61. The third-order valence-corrected chi connectivity index (χ3v) is 5.31. The van der Waals surface area contributed by atoms with Gasteiger partial charge in [-0.2, -0.15) is 0 Å². The largest absolute Gasteiger partial charge is 0.392 e. The molecule has 1 N–H and O–H groups in total. The Morgan fingerprint density at radius 1 is 1.12 bits per heavy atom. The number of fused-ring (bicyclic) bond motifs is 2. The van der Waals surface area contributed by atoms with Gasteiger partial charge < -0.3 is 5.11 Å². The molecular formula is C16H20O. The molecule has 0 aromatic heterocycles. The van der Waals surface area contributed by atoms with Gasteiger partial charge in [0.05, 0.1) is 6.10 Å². The zero-order valence-corrected chi connectivity index (χ0v) is 10.8. The Kier molecular flexibility index (Phi) is 2.10. The molecule has 2 bridgehead atoms. The van der Waals surface area contributed by atoms with Gasteiger partial charge in [-0.15, -0.1) is 0 Å². The molecule has 3 rings (SSSR count). The van der Waals surface area contributed by atoms with E-state index in [4.69, 9.17) is 0 Å². The zero-order valence-electron chi connectivity index (χ0n) is 10.8. The monoisotopic (exact) mass is 228 g/mol. The summed E-state index contributed by atoms with van der Waals surface area (Å²) in [5, 5.41) is 10.1. The van der Waals surface area contributed by atoms with Gasteiger partial charge in [-0.25, -0.2) is 0 Å². The van der Waals surface area contributed by atoms with Gasteiger partial charge in [0.1, 0.15) is 0 Å². The molecule has 1 nitrogen and oxygen atoms in total. The maximum absolute atomic E-state index is 10.1. The molecule has 0 heterocycles. The molecule has 1 heteroatoms. The average Bonchev–Trinajstić information content (AvgIpc) is 2.58. The van der Waals surface area contributed by atoms with Crippen LogP contribution in [0.1, 0.15) is 32.8 Å². The van der Waals surface area contributed by atoms with Crippen LogP contribution < -0.4 is 0 Å². The number of hydrogen-bond acceptors (Lipinski definition) is 1. The lowest BCUT2D eigenvalue weighted by atomic mass is 9.66. The molecule has 0 aliphatic heterocycles. The molecule has 1 fully saturated rings. The van der Waals surface area contributed by atoms with Crippen LogP contribution in [0, 0.1) is 16.7 Å². The molecule has 0 radical (unpaired) electrons. The summed E-state index contributed by atoms with van der Waals surface area (Å²) in [6, 6.07) is 10.6. The third kappa shape index (κ3) is 1.23. The second-order valence-electron chi connectivity index (χ2n) is 6.30. The third-order valence-electron chi connectivity index (χ3n) is 5.31. The van der Waals surface area contributed by atoms with Crippen LogP contribution >= 0.6 is 0 Å². The normalized spacial score (nSPS) is 38.2. The highest BCUT2D eigenvalue weighted by Crippen LogP contribution is 2.67. The molecule has 0 spiro atoms. The van der Waals surface area contributed by atoms with Gasteiger partial charge in [-0.1, -0.05) is 57.2 Å². The molecule has 1 aromatic carbocycles. The molecule has 17 heavy (non-hydrogen) atoms. The number of hydrogen-bond donors (Lipinski definition) is 1. The predicted molar refractivity (Wildman–Crippen MR) is 70.4 cm³/mol. The van der Waals surface area contributed by atoms with E-state index in [1.807, 2.05) is 0 Å². The van der Waals surface area contributed by atoms with Crippen LogP contribution in [0.2, 0.25) is 0 Å². The van der Waals surface area contributed by atoms with E-state index >= 15 is 0 Å². The topological polar surface area (TPSA) is 20.2 Å². The first-order chi connectivity index (χ1) is 7.97. The van der Waals surface area contributed by atoms with E-state index in [1.165, 1.54) is 11.1 Å². The van der Waals surface area contributed by atoms with Gasteiger partial charge in [-0.3, -0.25) is 0 Å². The van der Waals surface area contributed by atoms with Gasteiger partial charge in [0.2, 0.25) is 0 Å². The van der Waals surface area contributed by atoms with E-state index < -0.39 is 0 Å². The Morgan fingerprint density at radius 3 is 2.24 bits per heavy atom. The summed E-state index contributed by atoms with van der Waals surface area (Å²) in [5.41, 5.74) is 3.02. The summed E-state index contributed by atoms with van der Waals surface area (Å²) in [6.45, 7) is 6.89. The first-order valence-corrected chi connectivity index (χ1v) is 6.42. The molecule has 1 saturated carbocycles. The van der Waals surface area contributed by atoms with Gasteiger partial charge in [-0.05, 0) is 23.0 Å². The fourth-order valence-electron chi connectivity index (χ4n) is 3.83. The summed E-state index contributed by atoms with van der Waals surface area (Å²) in [4.78, 5) is 0. The number of benzene rings is 1. The fourth-order valence-corrected chi connectivity index (χ4v) is 3.83. The van der Waals surface area contributed by atoms with E-state index in [2.05, 4.69) is 57.2 Å². The van der Waals surface area contributed by atoms with Crippen LogP contribution in [-0.4, -0.2) is 11.2 Å². The summed E-state index contributed by atoms with van der Waals surface area (Å²) in [7, 11) is 0. The number of allylic oxidation sites excluding steroid dienone is 1. The van der Waals surface area contributed by atoms with Crippen LogP contribution in [0.4, 0.5) is 0 Å². The Bertz CT molecular complexity index is 472. The minimum Gasteiger partial charge on any atom is -0.392 e. The molecule has 3 atom stereocenters. The van der Waals surface area contributed by atoms with Gasteiger partial charge in [0, 0.05) is 11.3 Å². The Morgan fingerprint density at radius 2 is 1.76 bits per heavy atom. The van der Waals surface area contributed by atoms with E-state index in [0.717, 1.165) is 6.42 Å². The fraction of sp³-hybridized carbons (Fsp3) is 0.500. The van der Waals surface area contributed by atoms with Gasteiger partial charge in [0.15, 0.2) is 0 Å². The van der Waals surface area contributed by atoms with Crippen molar-refractivity contribution in [2.24, 2.45) is 16.7 Å². The van der Waals surface area contributed by atoms with Crippen molar-refractivity contribution in [3.63, 3.8) is 0 Å². The van der Waals surface area contributed by atoms with Crippen molar-refractivity contribution < 1.29 is 5.11 Å². The highest BCUT2D eigenvalue weighted by atomic mass is 16.3. The van der Waals surface area contributed by atoms with Crippen LogP contribution in [0.15, 0.2) is 36.4 Å². The van der Waals surface area contributed by atoms with Crippen molar-refractivity contribution in [2.45, 2.75) is 33.3 Å². The maximum Gasteiger partial charge on any atom is 0.0617 e. The lowest BCUT2D eigenvalue weighted by molar-refractivity contribution is 0.123. The SMILES string of the molecule is CC1(C)[C@@H]2C=C(c3ccccc3)[C@@]1(C)C[C@@H]2O. The standard InChI is InChI=1S/C16H20O/c1-15(2)13-9-12(11-7-5-4-6-8-11)16(15,3)10-14(13)17/h4-9,13-14,17H,10H2,1-3H3/t13-,14+,16-/m1/s1. The summed E-state index contributed by atoms with van der Waals surface area (Å²) in [6.07, 6.45) is 3.04. The lowest BCUT2D eigenvalue weighted by Gasteiger charge is -2.37. The van der Waals surface area contributed by atoms with Crippen LogP contribution in [0.3, 0.4) is 0 Å². The maximum atomic E-state index is 10.1. The smallest absolute Gasteiger partial charge is 0.0617 e. The Balaban J connectivity index is 2.11. The van der Waals surface area contributed by atoms with Crippen molar-refractivity contribution in [3.8, 4) is 0 Å². The number of aliphatic hydroxyl groups is 1. The molecule has 90 valence electrons. The molecule has 0 unspecified atom stereocenters. The number of aliphatic hydroxyl groups excluding tert-OH is 1. The predicted octanol–water partition coefficient (Wildman–Crippen LogP) is 3.50. The van der Waals surface area contributed by atoms with Crippen molar-refractivity contribution in [2.75, 3.05) is 0 Å². The van der Waals surface area contributed by atoms with Crippen molar-refractivity contribution >= 4 is 5.57 Å². The molecule has 2 aliphatic carbocycles. The minimum absolute atomic E-state index is 0.110. The molecule has 2 aliphatic rings. The quantitative estimate of drug-likeness (QED) is 0.780. The van der Waals surface area contributed by atoms with Gasteiger partial charge in [0.25, 0.3) is 0 Å². The Hall–Kier alpha value is -1.08. The summed E-state index contributed by atoms with van der Waals surface area (Å²) < 4.78 is 0. The minimum atomic E-state index is -0.164. The molecule has 0 saturated heterocycles. The highest BCUT2D eigenvalue weighted by molar-refractivity contribution is 5.75. The van der Waals surface area contributed by atoms with Crippen molar-refractivity contribution in [1.82, 2.24) is 0 Å². The van der Waals surface area contributed by atoms with E-state index in [-0.39, 0.29) is 16.9 Å². The van der Waals surface area contributed by atoms with E-state index in [0.29, 0.717) is 5.92 Å². The average molecular weight is 228 g/mol. The first-order valence-electron chi connectivity index (χ1n) is 6.42. The summed E-state index contributed by atoms with van der Waals surface area (Å²) in [5.74, 6) is 0.308. The van der Waals surface area contributed by atoms with Crippen molar-refractivity contribution in [1.29, 1.82) is 0 Å². The molecule has 0 amide bonds. The zero-order chi connectivity index (χ0) is 12.3.